The fourth-order valence-electron chi connectivity index (χ4n) is 5.47. The van der Waals surface area contributed by atoms with Crippen LogP contribution in [0, 0.1) is 41.1 Å². The van der Waals surface area contributed by atoms with Crippen LogP contribution in [0.1, 0.15) is 81.4 Å². The van der Waals surface area contributed by atoms with Crippen LogP contribution in [0.2, 0.25) is 0 Å². The van der Waals surface area contributed by atoms with Crippen molar-refractivity contribution in [1.82, 2.24) is 0 Å². The Balaban J connectivity index is 1.17. The molecule has 0 radical (unpaired) electrons. The van der Waals surface area contributed by atoms with Gasteiger partial charge in [-0.2, -0.15) is 8.78 Å². The molecule has 0 heterocycles. The van der Waals surface area contributed by atoms with Crippen LogP contribution < -0.4 is 0 Å². The molecule has 40 heavy (non-hydrogen) atoms. The summed E-state index contributed by atoms with van der Waals surface area (Å²) in [4.78, 5) is 0. The van der Waals surface area contributed by atoms with Crippen LogP contribution >= 0.6 is 0 Å². The smallest absolute Gasteiger partial charge is 0.358 e. The van der Waals surface area contributed by atoms with Crippen molar-refractivity contribution in [1.29, 1.82) is 0 Å². The molecule has 2 aromatic rings. The Kier molecular flexibility index (Phi) is 10.8. The fourth-order valence-corrected chi connectivity index (χ4v) is 5.47. The van der Waals surface area contributed by atoms with Gasteiger partial charge in [-0.3, -0.25) is 0 Å². The number of hydrogen-bond donors (Lipinski definition) is 0. The number of aryl methyl sites for hydroxylation is 1. The zero-order chi connectivity index (χ0) is 28.5. The number of alkyl halides is 2. The zero-order valence-electron chi connectivity index (χ0n) is 22.9. The summed E-state index contributed by atoms with van der Waals surface area (Å²) >= 11 is 0. The Labute approximate surface area is 234 Å². The monoisotopic (exact) mass is 560 g/mol. The largest absolute Gasteiger partial charge is 0.374 e. The van der Waals surface area contributed by atoms with Crippen LogP contribution in [-0.2, 0) is 22.5 Å². The minimum absolute atomic E-state index is 0.0746. The predicted molar refractivity (Wildman–Crippen MR) is 145 cm³/mol. The van der Waals surface area contributed by atoms with E-state index in [0.717, 1.165) is 30.5 Å². The molecule has 2 fully saturated rings. The molecule has 2 saturated carbocycles. The Hall–Kier alpha value is -2.69. The maximum Gasteiger partial charge on any atom is 0.358 e. The van der Waals surface area contributed by atoms with E-state index in [1.165, 1.54) is 5.56 Å². The number of ether oxygens (including phenoxy) is 2. The minimum Gasteiger partial charge on any atom is -0.374 e. The van der Waals surface area contributed by atoms with Crippen molar-refractivity contribution in [3.05, 3.63) is 82.7 Å². The highest BCUT2D eigenvalue weighted by atomic mass is 19.3. The summed E-state index contributed by atoms with van der Waals surface area (Å²) in [6.07, 6.45) is 6.08. The molecular formula is C33H37F5O2. The van der Waals surface area contributed by atoms with E-state index in [2.05, 4.69) is 36.1 Å². The average Bonchev–Trinajstić information content (AvgIpc) is 2.95. The van der Waals surface area contributed by atoms with E-state index >= 15 is 8.78 Å². The third-order valence-corrected chi connectivity index (χ3v) is 7.89. The van der Waals surface area contributed by atoms with Crippen molar-refractivity contribution in [2.24, 2.45) is 11.8 Å². The maximum atomic E-state index is 15.0. The van der Waals surface area contributed by atoms with E-state index in [1.807, 2.05) is 19.1 Å². The van der Waals surface area contributed by atoms with Gasteiger partial charge in [-0.05, 0) is 107 Å². The summed E-state index contributed by atoms with van der Waals surface area (Å²) in [6, 6.07) is 10.0. The second-order valence-electron chi connectivity index (χ2n) is 10.9. The van der Waals surface area contributed by atoms with Gasteiger partial charge < -0.3 is 9.47 Å². The summed E-state index contributed by atoms with van der Waals surface area (Å²) in [5.41, 5.74) is 2.41. The minimum atomic E-state index is -3.19. The maximum absolute atomic E-state index is 15.0. The van der Waals surface area contributed by atoms with Crippen LogP contribution in [0.15, 0.2) is 48.6 Å². The normalized spacial score (nSPS) is 23.6. The van der Waals surface area contributed by atoms with Gasteiger partial charge in [0.2, 0.25) is 0 Å². The van der Waals surface area contributed by atoms with Crippen molar-refractivity contribution in [3.63, 3.8) is 0 Å². The predicted octanol–water partition coefficient (Wildman–Crippen LogP) is 8.91. The van der Waals surface area contributed by atoms with E-state index < -0.39 is 35.6 Å². The molecule has 2 aromatic carbocycles. The van der Waals surface area contributed by atoms with Crippen molar-refractivity contribution >= 4 is 0 Å². The number of benzene rings is 2. The highest BCUT2D eigenvalue weighted by molar-refractivity contribution is 5.36. The van der Waals surface area contributed by atoms with Crippen LogP contribution in [0.4, 0.5) is 22.0 Å². The first-order chi connectivity index (χ1) is 19.2. The van der Waals surface area contributed by atoms with Crippen molar-refractivity contribution in [2.75, 3.05) is 0 Å². The molecule has 0 aromatic heterocycles. The van der Waals surface area contributed by atoms with Gasteiger partial charge in [-0.15, -0.1) is 0 Å². The highest BCUT2D eigenvalue weighted by Crippen LogP contribution is 2.41. The van der Waals surface area contributed by atoms with Crippen LogP contribution in [0.25, 0.3) is 0 Å². The summed E-state index contributed by atoms with van der Waals surface area (Å²) in [5, 5.41) is 0. The highest BCUT2D eigenvalue weighted by Gasteiger charge is 2.44. The molecule has 0 amide bonds. The van der Waals surface area contributed by atoms with E-state index in [9.17, 15) is 13.2 Å². The first kappa shape index (κ1) is 30.3. The SMILES string of the molecule is C/C=C/CCc1ccc(C#CC2CCC(C(F)(F)OC3CCC(OCc4cc(F)c(F)c(F)c4)CC3)CC2)cc1. The molecule has 0 saturated heterocycles. The van der Waals surface area contributed by atoms with E-state index in [0.29, 0.717) is 51.4 Å². The lowest BCUT2D eigenvalue weighted by Gasteiger charge is -2.36. The standard InChI is InChI=1S/C33H37F5O2/c1-2-3-4-5-23-6-8-24(9-7-23)10-11-25-12-14-27(15-13-25)33(37,38)40-29-18-16-28(17-19-29)39-22-26-20-30(34)32(36)31(35)21-26/h2-3,6-9,20-21,25,27-29H,4-5,12-19,22H2,1H3/b3-2+. The van der Waals surface area contributed by atoms with Gasteiger partial charge in [-0.1, -0.05) is 36.1 Å². The van der Waals surface area contributed by atoms with Crippen molar-refractivity contribution < 1.29 is 31.4 Å². The van der Waals surface area contributed by atoms with Gasteiger partial charge in [-0.25, -0.2) is 13.2 Å². The second kappa shape index (κ2) is 14.3. The van der Waals surface area contributed by atoms with E-state index in [1.54, 1.807) is 0 Å². The number of hydrogen-bond acceptors (Lipinski definition) is 2. The lowest BCUT2D eigenvalue weighted by molar-refractivity contribution is -0.302. The molecular weight excluding hydrogens is 523 g/mol. The summed E-state index contributed by atoms with van der Waals surface area (Å²) < 4.78 is 80.9. The van der Waals surface area contributed by atoms with Crippen molar-refractivity contribution in [2.45, 2.75) is 96.1 Å². The molecule has 7 heteroatoms. The number of halogens is 5. The van der Waals surface area contributed by atoms with E-state index in [-0.39, 0.29) is 24.2 Å². The first-order valence-corrected chi connectivity index (χ1v) is 14.3. The Bertz CT molecular complexity index is 1160. The fraction of sp³-hybridized carbons (Fsp3) is 0.515. The van der Waals surface area contributed by atoms with Crippen LogP contribution in [0.3, 0.4) is 0 Å². The van der Waals surface area contributed by atoms with Gasteiger partial charge in [0.1, 0.15) is 0 Å². The molecule has 0 bridgehead atoms. The second-order valence-corrected chi connectivity index (χ2v) is 10.9. The molecule has 2 aliphatic carbocycles. The number of rotatable bonds is 9. The molecule has 2 nitrogen and oxygen atoms in total. The van der Waals surface area contributed by atoms with Gasteiger partial charge in [0, 0.05) is 11.5 Å². The lowest BCUT2D eigenvalue weighted by Crippen LogP contribution is -2.39. The topological polar surface area (TPSA) is 18.5 Å². The molecule has 0 spiro atoms. The summed E-state index contributed by atoms with van der Waals surface area (Å²) in [6.45, 7) is 1.94. The Morgan fingerprint density at radius 3 is 2.10 bits per heavy atom. The Morgan fingerprint density at radius 2 is 1.48 bits per heavy atom. The molecule has 0 N–H and O–H groups in total. The van der Waals surface area contributed by atoms with Gasteiger partial charge >= 0.3 is 6.11 Å². The third kappa shape index (κ3) is 8.65. The van der Waals surface area contributed by atoms with E-state index in [4.69, 9.17) is 9.47 Å². The Morgan fingerprint density at radius 1 is 0.850 bits per heavy atom. The number of allylic oxidation sites excluding steroid dienone is 2. The molecule has 0 atom stereocenters. The summed E-state index contributed by atoms with van der Waals surface area (Å²) in [7, 11) is 0. The quantitative estimate of drug-likeness (QED) is 0.132. The first-order valence-electron chi connectivity index (χ1n) is 14.3. The summed E-state index contributed by atoms with van der Waals surface area (Å²) in [5.74, 6) is 1.74. The lowest BCUT2D eigenvalue weighted by atomic mass is 9.81. The van der Waals surface area contributed by atoms with Gasteiger partial charge in [0.25, 0.3) is 0 Å². The van der Waals surface area contributed by atoms with Crippen molar-refractivity contribution in [3.8, 4) is 11.8 Å². The average molecular weight is 561 g/mol. The third-order valence-electron chi connectivity index (χ3n) is 7.89. The van der Waals surface area contributed by atoms with Gasteiger partial charge in [0.05, 0.1) is 24.7 Å². The van der Waals surface area contributed by atoms with Gasteiger partial charge in [0.15, 0.2) is 17.5 Å². The zero-order valence-corrected chi connectivity index (χ0v) is 22.9. The van der Waals surface area contributed by atoms with Crippen LogP contribution in [-0.4, -0.2) is 18.3 Å². The molecule has 4 rings (SSSR count). The molecule has 0 aliphatic heterocycles. The van der Waals surface area contributed by atoms with Crippen LogP contribution in [0.5, 0.6) is 0 Å². The molecule has 216 valence electrons. The molecule has 0 unspecified atom stereocenters. The molecule has 2 aliphatic rings.